The molecule has 0 radical (unpaired) electrons. The van der Waals surface area contributed by atoms with Gasteiger partial charge < -0.3 is 10.1 Å². The number of hydrogen-bond acceptors (Lipinski definition) is 4. The molecular formula is C28H28N2O3. The Morgan fingerprint density at radius 2 is 1.58 bits per heavy atom. The monoisotopic (exact) mass is 440 g/mol. The number of nitrogens with one attached hydrogen (secondary N) is 1. The van der Waals surface area contributed by atoms with Crippen LogP contribution in [0, 0.1) is 6.92 Å². The first-order valence-electron chi connectivity index (χ1n) is 11.2. The Bertz CT molecular complexity index is 1190. The minimum absolute atomic E-state index is 0.239. The van der Waals surface area contributed by atoms with Gasteiger partial charge >= 0.3 is 0 Å². The van der Waals surface area contributed by atoms with Gasteiger partial charge in [-0.15, -0.1) is 0 Å². The number of ether oxygens (including phenoxy) is 1. The van der Waals surface area contributed by atoms with E-state index in [0.717, 1.165) is 30.5 Å². The summed E-state index contributed by atoms with van der Waals surface area (Å²) in [5, 5.41) is 3.20. The summed E-state index contributed by atoms with van der Waals surface area (Å²) in [7, 11) is 1.56. The molecule has 5 heteroatoms. The second kappa shape index (κ2) is 9.74. The maximum absolute atomic E-state index is 13.6. The molecule has 0 aromatic heterocycles. The molecule has 0 unspecified atom stereocenters. The van der Waals surface area contributed by atoms with E-state index in [0.29, 0.717) is 22.6 Å². The molecule has 2 amide bonds. The van der Waals surface area contributed by atoms with Crippen molar-refractivity contribution in [2.75, 3.05) is 17.3 Å². The summed E-state index contributed by atoms with van der Waals surface area (Å²) in [5.74, 6) is -0.225. The Morgan fingerprint density at radius 1 is 0.879 bits per heavy atom. The molecule has 0 fully saturated rings. The van der Waals surface area contributed by atoms with Gasteiger partial charge in [-0.05, 0) is 55.7 Å². The van der Waals surface area contributed by atoms with Crippen LogP contribution in [0.4, 0.5) is 11.4 Å². The molecule has 4 rings (SSSR count). The van der Waals surface area contributed by atoms with Crippen LogP contribution < -0.4 is 15.0 Å². The van der Waals surface area contributed by atoms with Crippen LogP contribution in [0.1, 0.15) is 36.5 Å². The summed E-state index contributed by atoms with van der Waals surface area (Å²) < 4.78 is 5.51. The Kier molecular flexibility index (Phi) is 6.59. The van der Waals surface area contributed by atoms with Gasteiger partial charge in [-0.25, -0.2) is 4.90 Å². The lowest BCUT2D eigenvalue weighted by molar-refractivity contribution is -0.120. The fourth-order valence-corrected chi connectivity index (χ4v) is 3.96. The van der Waals surface area contributed by atoms with Crippen molar-refractivity contribution in [3.8, 4) is 5.75 Å². The molecule has 1 aliphatic rings. The highest BCUT2D eigenvalue weighted by Gasteiger charge is 2.41. The molecule has 33 heavy (non-hydrogen) atoms. The van der Waals surface area contributed by atoms with Crippen LogP contribution >= 0.6 is 0 Å². The topological polar surface area (TPSA) is 58.6 Å². The summed E-state index contributed by atoms with van der Waals surface area (Å²) in [4.78, 5) is 28.5. The number of unbranched alkanes of at least 4 members (excludes halogenated alkanes) is 1. The highest BCUT2D eigenvalue weighted by atomic mass is 16.5. The number of hydrogen-bond donors (Lipinski definition) is 1. The predicted octanol–water partition coefficient (Wildman–Crippen LogP) is 5.74. The number of para-hydroxylation sites is 1. The minimum atomic E-state index is -0.386. The average molecular weight is 441 g/mol. The van der Waals surface area contributed by atoms with E-state index in [9.17, 15) is 9.59 Å². The van der Waals surface area contributed by atoms with Crippen LogP contribution in [0.25, 0.3) is 5.57 Å². The lowest BCUT2D eigenvalue weighted by atomic mass is 10.0. The molecule has 1 heterocycles. The minimum Gasteiger partial charge on any atom is -0.496 e. The van der Waals surface area contributed by atoms with E-state index >= 15 is 0 Å². The fraction of sp³-hybridized carbons (Fsp3) is 0.214. The second-order valence-corrected chi connectivity index (χ2v) is 8.16. The number of nitrogens with zero attached hydrogens (tertiary/aromatic N) is 1. The Morgan fingerprint density at radius 3 is 2.24 bits per heavy atom. The van der Waals surface area contributed by atoms with E-state index in [-0.39, 0.29) is 17.5 Å². The van der Waals surface area contributed by atoms with Crippen molar-refractivity contribution >= 4 is 28.8 Å². The molecule has 0 saturated heterocycles. The maximum atomic E-state index is 13.6. The summed E-state index contributed by atoms with van der Waals surface area (Å²) in [6, 6.07) is 22.6. The van der Waals surface area contributed by atoms with Gasteiger partial charge in [-0.3, -0.25) is 9.59 Å². The number of amides is 2. The predicted molar refractivity (Wildman–Crippen MR) is 132 cm³/mol. The van der Waals surface area contributed by atoms with E-state index in [1.54, 1.807) is 19.2 Å². The highest BCUT2D eigenvalue weighted by Crippen LogP contribution is 2.37. The Balaban J connectivity index is 1.76. The fourth-order valence-electron chi connectivity index (χ4n) is 3.96. The number of methoxy groups -OCH3 is 1. The molecule has 168 valence electrons. The van der Waals surface area contributed by atoms with Crippen molar-refractivity contribution in [2.24, 2.45) is 0 Å². The van der Waals surface area contributed by atoms with Gasteiger partial charge in [0.2, 0.25) is 0 Å². The van der Waals surface area contributed by atoms with Crippen molar-refractivity contribution in [3.05, 3.63) is 95.2 Å². The molecule has 1 N–H and O–H groups in total. The first kappa shape index (κ1) is 22.3. The number of imide groups is 1. The van der Waals surface area contributed by atoms with Gasteiger partial charge in [0.1, 0.15) is 11.4 Å². The van der Waals surface area contributed by atoms with Gasteiger partial charge in [-0.1, -0.05) is 61.4 Å². The average Bonchev–Trinajstić information content (AvgIpc) is 3.08. The summed E-state index contributed by atoms with van der Waals surface area (Å²) >= 11 is 0. The van der Waals surface area contributed by atoms with Crippen molar-refractivity contribution in [3.63, 3.8) is 0 Å². The summed E-state index contributed by atoms with van der Waals surface area (Å²) in [6.45, 7) is 4.16. The third-order valence-electron chi connectivity index (χ3n) is 5.79. The smallest absolute Gasteiger partial charge is 0.282 e. The number of aryl methyl sites for hydroxylation is 2. The Labute approximate surface area is 194 Å². The molecule has 3 aromatic carbocycles. The number of carbonyl (C=O) groups is 2. The normalized spacial score (nSPS) is 13.6. The maximum Gasteiger partial charge on any atom is 0.282 e. The number of rotatable bonds is 8. The second-order valence-electron chi connectivity index (χ2n) is 8.16. The van der Waals surface area contributed by atoms with Crippen LogP contribution in [0.15, 0.2) is 78.5 Å². The van der Waals surface area contributed by atoms with Gasteiger partial charge in [0.05, 0.1) is 18.4 Å². The quantitative estimate of drug-likeness (QED) is 0.454. The zero-order valence-corrected chi connectivity index (χ0v) is 19.2. The SMILES string of the molecule is CCCCc1ccc(N2C(=O)C(Nc3ccc(C)cc3)=C(c3ccccc3OC)C2=O)cc1. The van der Waals surface area contributed by atoms with Crippen molar-refractivity contribution < 1.29 is 14.3 Å². The van der Waals surface area contributed by atoms with Gasteiger partial charge in [0.15, 0.2) is 0 Å². The van der Waals surface area contributed by atoms with E-state index in [1.165, 1.54) is 10.5 Å². The number of benzene rings is 3. The summed E-state index contributed by atoms with van der Waals surface area (Å²) in [5.41, 5.74) is 4.71. The Hall–Kier alpha value is -3.86. The van der Waals surface area contributed by atoms with Crippen LogP contribution in [0.5, 0.6) is 5.75 Å². The van der Waals surface area contributed by atoms with E-state index in [1.807, 2.05) is 67.6 Å². The number of anilines is 2. The van der Waals surface area contributed by atoms with Crippen LogP contribution in [0.2, 0.25) is 0 Å². The molecular weight excluding hydrogens is 412 g/mol. The molecule has 0 atom stereocenters. The third kappa shape index (κ3) is 4.53. The van der Waals surface area contributed by atoms with Gasteiger partial charge in [0, 0.05) is 11.3 Å². The van der Waals surface area contributed by atoms with Gasteiger partial charge in [0.25, 0.3) is 11.8 Å². The van der Waals surface area contributed by atoms with Crippen LogP contribution in [-0.4, -0.2) is 18.9 Å². The van der Waals surface area contributed by atoms with E-state index in [2.05, 4.69) is 12.2 Å². The molecule has 1 aliphatic heterocycles. The van der Waals surface area contributed by atoms with Crippen LogP contribution in [-0.2, 0) is 16.0 Å². The molecule has 3 aromatic rings. The van der Waals surface area contributed by atoms with E-state index < -0.39 is 0 Å². The lowest BCUT2D eigenvalue weighted by Crippen LogP contribution is -2.32. The largest absolute Gasteiger partial charge is 0.496 e. The lowest BCUT2D eigenvalue weighted by Gasteiger charge is -2.16. The summed E-state index contributed by atoms with van der Waals surface area (Å²) in [6.07, 6.45) is 3.19. The highest BCUT2D eigenvalue weighted by molar-refractivity contribution is 6.46. The molecule has 0 saturated carbocycles. The van der Waals surface area contributed by atoms with E-state index in [4.69, 9.17) is 4.74 Å². The zero-order chi connectivity index (χ0) is 23.4. The van der Waals surface area contributed by atoms with Crippen LogP contribution in [0.3, 0.4) is 0 Å². The molecule has 0 aliphatic carbocycles. The molecule has 5 nitrogen and oxygen atoms in total. The third-order valence-corrected chi connectivity index (χ3v) is 5.79. The van der Waals surface area contributed by atoms with Crippen molar-refractivity contribution in [2.45, 2.75) is 33.1 Å². The zero-order valence-electron chi connectivity index (χ0n) is 19.2. The van der Waals surface area contributed by atoms with Gasteiger partial charge in [-0.2, -0.15) is 0 Å². The first-order chi connectivity index (χ1) is 16.0. The number of carbonyl (C=O) groups excluding carboxylic acids is 2. The molecule has 0 bridgehead atoms. The molecule has 0 spiro atoms. The van der Waals surface area contributed by atoms with Crippen molar-refractivity contribution in [1.82, 2.24) is 0 Å². The van der Waals surface area contributed by atoms with Crippen molar-refractivity contribution in [1.29, 1.82) is 0 Å². The first-order valence-corrected chi connectivity index (χ1v) is 11.2. The standard InChI is InChI=1S/C28H28N2O3/c1-4-5-8-20-13-17-22(18-14-20)30-27(31)25(23-9-6-7-10-24(23)33-3)26(28(30)32)29-21-15-11-19(2)12-16-21/h6-7,9-18,29H,4-5,8H2,1-3H3.